The number of likely N-dealkylation sites (tertiary alicyclic amines) is 1. The van der Waals surface area contributed by atoms with Crippen LogP contribution in [0.5, 0.6) is 0 Å². The van der Waals surface area contributed by atoms with Crippen molar-refractivity contribution in [3.8, 4) is 10.4 Å². The number of carbonyl (C=O) groups excluding carboxylic acids is 1. The summed E-state index contributed by atoms with van der Waals surface area (Å²) in [4.78, 5) is 25.6. The molecule has 1 aliphatic rings. The minimum Gasteiger partial charge on any atom is -0.387 e. The van der Waals surface area contributed by atoms with Crippen molar-refractivity contribution in [2.45, 2.75) is 25.1 Å². The molecule has 1 aliphatic heterocycles. The lowest BCUT2D eigenvalue weighted by atomic mass is 10.1. The molecule has 1 fully saturated rings. The Hall–Kier alpha value is -3.09. The molecule has 4 rings (SSSR count). The quantitative estimate of drug-likeness (QED) is 0.516. The SMILES string of the molecule is Cc1cc(Nc2nccc(C(F)(F)F)n2)cc(-c2cnc(C3(O)CCN(C(=O)CO)C3)s2)c1. The van der Waals surface area contributed by atoms with Gasteiger partial charge >= 0.3 is 6.18 Å². The number of aryl methyl sites for hydroxylation is 1. The van der Waals surface area contributed by atoms with Crippen molar-refractivity contribution < 1.29 is 28.2 Å². The summed E-state index contributed by atoms with van der Waals surface area (Å²) in [6.07, 6.45) is -1.63. The third-order valence-electron chi connectivity index (χ3n) is 5.20. The first-order chi connectivity index (χ1) is 15.6. The fourth-order valence-electron chi connectivity index (χ4n) is 3.61. The number of rotatable bonds is 5. The standard InChI is InChI=1S/C21H20F3N5O3S/c1-12-6-13(8-14(7-12)27-19-25-4-2-16(28-19)21(22,23)24)15-9-26-18(33-15)20(32)3-5-29(11-20)17(31)10-30/h2,4,6-9,30,32H,3,5,10-11H2,1H3,(H,25,27,28). The maximum absolute atomic E-state index is 12.9. The number of benzene rings is 1. The molecule has 0 radical (unpaired) electrons. The summed E-state index contributed by atoms with van der Waals surface area (Å²) in [6.45, 7) is 1.59. The zero-order chi connectivity index (χ0) is 23.8. The van der Waals surface area contributed by atoms with E-state index in [0.29, 0.717) is 23.7 Å². The van der Waals surface area contributed by atoms with Gasteiger partial charge in [0.15, 0.2) is 0 Å². The van der Waals surface area contributed by atoms with Crippen molar-refractivity contribution in [3.63, 3.8) is 0 Å². The summed E-state index contributed by atoms with van der Waals surface area (Å²) in [5, 5.41) is 23.3. The van der Waals surface area contributed by atoms with E-state index in [1.54, 1.807) is 18.3 Å². The fraction of sp³-hybridized carbons (Fsp3) is 0.333. The highest BCUT2D eigenvalue weighted by Gasteiger charge is 2.41. The number of hydrogen-bond donors (Lipinski definition) is 3. The maximum atomic E-state index is 12.9. The first kappa shape index (κ1) is 23.1. The van der Waals surface area contributed by atoms with Crippen LogP contribution in [-0.2, 0) is 16.6 Å². The highest BCUT2D eigenvalue weighted by atomic mass is 32.1. The monoisotopic (exact) mass is 479 g/mol. The Morgan fingerprint density at radius 2 is 2.09 bits per heavy atom. The van der Waals surface area contributed by atoms with Gasteiger partial charge in [-0.25, -0.2) is 15.0 Å². The largest absolute Gasteiger partial charge is 0.433 e. The Labute approximate surface area is 190 Å². The molecule has 1 saturated heterocycles. The Balaban J connectivity index is 1.57. The fourth-order valence-corrected chi connectivity index (χ4v) is 4.62. The van der Waals surface area contributed by atoms with Crippen LogP contribution in [0.25, 0.3) is 10.4 Å². The van der Waals surface area contributed by atoms with Gasteiger partial charge in [0, 0.05) is 31.0 Å². The number of nitrogens with zero attached hydrogens (tertiary/aromatic N) is 4. The van der Waals surface area contributed by atoms with Gasteiger partial charge in [-0.15, -0.1) is 11.3 Å². The van der Waals surface area contributed by atoms with Gasteiger partial charge < -0.3 is 20.4 Å². The Morgan fingerprint density at radius 3 is 2.82 bits per heavy atom. The van der Waals surface area contributed by atoms with Crippen molar-refractivity contribution >= 4 is 28.9 Å². The molecule has 1 aromatic carbocycles. The number of amides is 1. The predicted octanol–water partition coefficient (Wildman–Crippen LogP) is 3.08. The van der Waals surface area contributed by atoms with E-state index in [1.807, 2.05) is 13.0 Å². The number of β-amino-alcohol motifs (C(OH)–C–C–N with tert-alkyl or cyclic N) is 1. The molecule has 33 heavy (non-hydrogen) atoms. The van der Waals surface area contributed by atoms with Gasteiger partial charge in [-0.05, 0) is 36.2 Å². The molecule has 0 aliphatic carbocycles. The van der Waals surface area contributed by atoms with Gasteiger partial charge in [0.05, 0.1) is 11.4 Å². The Kier molecular flexibility index (Phi) is 6.08. The molecule has 2 aromatic heterocycles. The molecular formula is C21H20F3N5O3S. The van der Waals surface area contributed by atoms with Crippen molar-refractivity contribution in [2.24, 2.45) is 0 Å². The highest BCUT2D eigenvalue weighted by Crippen LogP contribution is 2.38. The van der Waals surface area contributed by atoms with Crippen LogP contribution in [0.15, 0.2) is 36.7 Å². The predicted molar refractivity (Wildman–Crippen MR) is 115 cm³/mol. The van der Waals surface area contributed by atoms with E-state index in [4.69, 9.17) is 5.11 Å². The van der Waals surface area contributed by atoms with Crippen molar-refractivity contribution in [1.29, 1.82) is 0 Å². The van der Waals surface area contributed by atoms with Crippen molar-refractivity contribution in [2.75, 3.05) is 25.0 Å². The van der Waals surface area contributed by atoms with E-state index in [9.17, 15) is 23.1 Å². The molecule has 8 nitrogen and oxygen atoms in total. The van der Waals surface area contributed by atoms with Crippen LogP contribution in [0.3, 0.4) is 0 Å². The lowest BCUT2D eigenvalue weighted by Crippen LogP contribution is -2.35. The third kappa shape index (κ3) is 4.97. The normalized spacial score (nSPS) is 18.5. The van der Waals surface area contributed by atoms with Gasteiger partial charge in [0.25, 0.3) is 0 Å². The number of nitrogens with one attached hydrogen (secondary N) is 1. The van der Waals surface area contributed by atoms with Crippen LogP contribution in [0.4, 0.5) is 24.8 Å². The molecule has 1 amide bonds. The molecule has 1 atom stereocenters. The highest BCUT2D eigenvalue weighted by molar-refractivity contribution is 7.15. The smallest absolute Gasteiger partial charge is 0.387 e. The minimum atomic E-state index is -4.58. The average Bonchev–Trinajstić information content (AvgIpc) is 3.41. The van der Waals surface area contributed by atoms with Gasteiger partial charge in [0.1, 0.15) is 22.9 Å². The summed E-state index contributed by atoms with van der Waals surface area (Å²) in [5.74, 6) is -0.630. The summed E-state index contributed by atoms with van der Waals surface area (Å²) in [5.41, 5.74) is -0.253. The summed E-state index contributed by atoms with van der Waals surface area (Å²) in [6, 6.07) is 6.16. The number of halogens is 3. The molecule has 3 heterocycles. The number of thiazole rings is 1. The summed E-state index contributed by atoms with van der Waals surface area (Å²) < 4.78 is 38.8. The second-order valence-corrected chi connectivity index (χ2v) is 8.79. The van der Waals surface area contributed by atoms with Crippen LogP contribution in [0, 0.1) is 6.92 Å². The molecular weight excluding hydrogens is 459 g/mol. The van der Waals surface area contributed by atoms with Crippen molar-refractivity contribution in [1.82, 2.24) is 19.9 Å². The van der Waals surface area contributed by atoms with Gasteiger partial charge in [-0.3, -0.25) is 4.79 Å². The Bertz CT molecular complexity index is 1190. The molecule has 1 unspecified atom stereocenters. The second kappa shape index (κ2) is 8.69. The first-order valence-corrected chi connectivity index (χ1v) is 10.8. The number of carbonyl (C=O) groups is 1. The van der Waals surface area contributed by atoms with Crippen LogP contribution in [0.2, 0.25) is 0 Å². The van der Waals surface area contributed by atoms with Gasteiger partial charge in [-0.2, -0.15) is 13.2 Å². The molecule has 0 bridgehead atoms. The summed E-state index contributed by atoms with van der Waals surface area (Å²) in [7, 11) is 0. The van der Waals surface area contributed by atoms with E-state index in [-0.39, 0.29) is 12.5 Å². The van der Waals surface area contributed by atoms with Crippen molar-refractivity contribution in [3.05, 3.63) is 52.9 Å². The van der Waals surface area contributed by atoms with Gasteiger partial charge in [0.2, 0.25) is 11.9 Å². The van der Waals surface area contributed by atoms with E-state index >= 15 is 0 Å². The number of hydrogen-bond acceptors (Lipinski definition) is 8. The number of aliphatic hydroxyl groups excluding tert-OH is 1. The lowest BCUT2D eigenvalue weighted by Gasteiger charge is -2.20. The number of aliphatic hydroxyl groups is 2. The first-order valence-electron chi connectivity index (χ1n) is 9.94. The van der Waals surface area contributed by atoms with E-state index < -0.39 is 30.0 Å². The number of alkyl halides is 3. The zero-order valence-electron chi connectivity index (χ0n) is 17.4. The average molecular weight is 479 g/mol. The van der Waals surface area contributed by atoms with E-state index in [2.05, 4.69) is 20.3 Å². The zero-order valence-corrected chi connectivity index (χ0v) is 18.2. The molecule has 3 N–H and O–H groups in total. The molecule has 0 saturated carbocycles. The number of anilines is 2. The van der Waals surface area contributed by atoms with Crippen LogP contribution < -0.4 is 5.32 Å². The maximum Gasteiger partial charge on any atom is 0.433 e. The molecule has 12 heteroatoms. The van der Waals surface area contributed by atoms with E-state index in [1.165, 1.54) is 16.2 Å². The second-order valence-electron chi connectivity index (χ2n) is 7.76. The minimum absolute atomic E-state index is 0.0485. The van der Waals surface area contributed by atoms with Crippen LogP contribution >= 0.6 is 11.3 Å². The Morgan fingerprint density at radius 1 is 1.30 bits per heavy atom. The molecule has 3 aromatic rings. The van der Waals surface area contributed by atoms with Crippen LogP contribution in [0.1, 0.15) is 22.7 Å². The van der Waals surface area contributed by atoms with Crippen LogP contribution in [-0.4, -0.2) is 55.7 Å². The molecule has 0 spiro atoms. The third-order valence-corrected chi connectivity index (χ3v) is 6.44. The number of aromatic nitrogens is 3. The van der Waals surface area contributed by atoms with Gasteiger partial charge in [-0.1, -0.05) is 6.07 Å². The lowest BCUT2D eigenvalue weighted by molar-refractivity contribution is -0.141. The van der Waals surface area contributed by atoms with E-state index in [0.717, 1.165) is 28.3 Å². The molecule has 174 valence electrons. The topological polar surface area (TPSA) is 111 Å². The summed E-state index contributed by atoms with van der Waals surface area (Å²) >= 11 is 1.26.